The molecule has 0 amide bonds. The lowest BCUT2D eigenvalue weighted by atomic mass is 10.0. The molecule has 0 atom stereocenters. The SMILES string of the molecule is CC(C)C1=CC=C(N=O)C1. The summed E-state index contributed by atoms with van der Waals surface area (Å²) in [5, 5.41) is 2.88. The summed E-state index contributed by atoms with van der Waals surface area (Å²) in [6, 6.07) is 0. The largest absolute Gasteiger partial charge is 0.145 e. The fourth-order valence-corrected chi connectivity index (χ4v) is 0.989. The van der Waals surface area contributed by atoms with Gasteiger partial charge in [0.25, 0.3) is 0 Å². The topological polar surface area (TPSA) is 29.4 Å². The average molecular weight is 137 g/mol. The van der Waals surface area contributed by atoms with Crippen LogP contribution in [-0.2, 0) is 0 Å². The summed E-state index contributed by atoms with van der Waals surface area (Å²) in [5.74, 6) is 0.537. The quantitative estimate of drug-likeness (QED) is 0.538. The normalized spacial score (nSPS) is 17.1. The van der Waals surface area contributed by atoms with Crippen molar-refractivity contribution in [1.29, 1.82) is 0 Å². The van der Waals surface area contributed by atoms with Gasteiger partial charge in [-0.1, -0.05) is 25.5 Å². The lowest BCUT2D eigenvalue weighted by molar-refractivity contribution is 0.745. The van der Waals surface area contributed by atoms with Crippen LogP contribution in [0, 0.1) is 10.8 Å². The maximum atomic E-state index is 10.0. The minimum atomic E-state index is 0.537. The standard InChI is InChI=1S/C8H11NO/c1-6(2)7-3-4-8(5-7)9-10/h3-4,6H,5H2,1-2H3. The van der Waals surface area contributed by atoms with E-state index in [0.717, 1.165) is 6.42 Å². The van der Waals surface area contributed by atoms with Crippen molar-refractivity contribution in [1.82, 2.24) is 0 Å². The van der Waals surface area contributed by atoms with Gasteiger partial charge in [-0.2, -0.15) is 0 Å². The van der Waals surface area contributed by atoms with Gasteiger partial charge in [0, 0.05) is 6.42 Å². The van der Waals surface area contributed by atoms with Crippen molar-refractivity contribution in [3.63, 3.8) is 0 Å². The van der Waals surface area contributed by atoms with Crippen LogP contribution < -0.4 is 0 Å². The Bertz CT molecular complexity index is 201. The molecular weight excluding hydrogens is 126 g/mol. The molecule has 0 aliphatic heterocycles. The maximum Gasteiger partial charge on any atom is 0.0889 e. The van der Waals surface area contributed by atoms with Crippen LogP contribution in [0.2, 0.25) is 0 Å². The van der Waals surface area contributed by atoms with E-state index in [2.05, 4.69) is 19.0 Å². The molecule has 54 valence electrons. The summed E-state index contributed by atoms with van der Waals surface area (Å²) in [4.78, 5) is 10.0. The molecule has 1 aliphatic rings. The highest BCUT2D eigenvalue weighted by molar-refractivity contribution is 5.30. The second-order valence-corrected chi connectivity index (χ2v) is 2.82. The van der Waals surface area contributed by atoms with Crippen LogP contribution in [0.1, 0.15) is 20.3 Å². The van der Waals surface area contributed by atoms with E-state index in [9.17, 15) is 4.91 Å². The zero-order valence-electron chi connectivity index (χ0n) is 6.29. The van der Waals surface area contributed by atoms with Crippen LogP contribution in [0.4, 0.5) is 0 Å². The van der Waals surface area contributed by atoms with Crippen molar-refractivity contribution in [2.24, 2.45) is 11.1 Å². The Morgan fingerprint density at radius 1 is 1.50 bits per heavy atom. The Morgan fingerprint density at radius 3 is 2.50 bits per heavy atom. The summed E-state index contributed by atoms with van der Waals surface area (Å²) in [5.41, 5.74) is 1.96. The van der Waals surface area contributed by atoms with E-state index in [-0.39, 0.29) is 0 Å². The number of hydrogen-bond acceptors (Lipinski definition) is 2. The van der Waals surface area contributed by atoms with Gasteiger partial charge in [0.2, 0.25) is 0 Å². The molecule has 0 aromatic rings. The average Bonchev–Trinajstić information content (AvgIpc) is 2.34. The summed E-state index contributed by atoms with van der Waals surface area (Å²) in [6.07, 6.45) is 4.53. The summed E-state index contributed by atoms with van der Waals surface area (Å²) >= 11 is 0. The number of rotatable bonds is 2. The van der Waals surface area contributed by atoms with Gasteiger partial charge in [0.15, 0.2) is 0 Å². The van der Waals surface area contributed by atoms with Crippen LogP contribution in [0.15, 0.2) is 28.6 Å². The van der Waals surface area contributed by atoms with E-state index >= 15 is 0 Å². The molecule has 1 aliphatic carbocycles. The molecule has 1 rings (SSSR count). The lowest BCUT2D eigenvalue weighted by Gasteiger charge is -2.03. The van der Waals surface area contributed by atoms with Crippen molar-refractivity contribution >= 4 is 0 Å². The van der Waals surface area contributed by atoms with Crippen molar-refractivity contribution in [2.75, 3.05) is 0 Å². The van der Waals surface area contributed by atoms with E-state index in [1.165, 1.54) is 5.57 Å². The van der Waals surface area contributed by atoms with E-state index in [1.807, 2.05) is 6.08 Å². The minimum Gasteiger partial charge on any atom is -0.145 e. The van der Waals surface area contributed by atoms with Crippen molar-refractivity contribution in [2.45, 2.75) is 20.3 Å². The number of nitrogens with zero attached hydrogens (tertiary/aromatic N) is 1. The van der Waals surface area contributed by atoms with Gasteiger partial charge in [-0.25, -0.2) is 0 Å². The first-order valence-corrected chi connectivity index (χ1v) is 3.47. The van der Waals surface area contributed by atoms with Gasteiger partial charge in [0.1, 0.15) is 0 Å². The summed E-state index contributed by atoms with van der Waals surface area (Å²) in [7, 11) is 0. The molecule has 10 heavy (non-hydrogen) atoms. The Balaban J connectivity index is 2.56. The highest BCUT2D eigenvalue weighted by atomic mass is 16.3. The zero-order valence-corrected chi connectivity index (χ0v) is 6.29. The van der Waals surface area contributed by atoms with Crippen LogP contribution >= 0.6 is 0 Å². The Hall–Kier alpha value is -0.920. The monoisotopic (exact) mass is 137 g/mol. The lowest BCUT2D eigenvalue weighted by Crippen LogP contribution is -1.90. The molecule has 0 radical (unpaired) electrons. The molecule has 0 N–H and O–H groups in total. The molecule has 0 heterocycles. The third-order valence-electron chi connectivity index (χ3n) is 1.73. The molecule has 0 bridgehead atoms. The Morgan fingerprint density at radius 2 is 2.20 bits per heavy atom. The second kappa shape index (κ2) is 2.78. The molecule has 0 unspecified atom stereocenters. The first-order chi connectivity index (χ1) is 4.74. The molecule has 2 heteroatoms. The van der Waals surface area contributed by atoms with Gasteiger partial charge in [-0.05, 0) is 17.2 Å². The molecule has 0 aromatic heterocycles. The first kappa shape index (κ1) is 7.19. The highest BCUT2D eigenvalue weighted by Gasteiger charge is 2.10. The zero-order chi connectivity index (χ0) is 7.56. The van der Waals surface area contributed by atoms with E-state index in [0.29, 0.717) is 11.6 Å². The Labute approximate surface area is 60.6 Å². The van der Waals surface area contributed by atoms with Crippen molar-refractivity contribution in [3.8, 4) is 0 Å². The Kier molecular flexibility index (Phi) is 2.00. The van der Waals surface area contributed by atoms with Gasteiger partial charge in [-0.3, -0.25) is 0 Å². The molecular formula is C8H11NO. The second-order valence-electron chi connectivity index (χ2n) is 2.82. The maximum absolute atomic E-state index is 10.0. The minimum absolute atomic E-state index is 0.537. The van der Waals surface area contributed by atoms with Gasteiger partial charge in [-0.15, -0.1) is 4.91 Å². The van der Waals surface area contributed by atoms with Crippen LogP contribution in [-0.4, -0.2) is 0 Å². The number of allylic oxidation sites excluding steroid dienone is 3. The third kappa shape index (κ3) is 1.32. The highest BCUT2D eigenvalue weighted by Crippen LogP contribution is 2.25. The summed E-state index contributed by atoms with van der Waals surface area (Å²) in [6.45, 7) is 4.24. The fraction of sp³-hybridized carbons (Fsp3) is 0.500. The van der Waals surface area contributed by atoms with Crippen LogP contribution in [0.3, 0.4) is 0 Å². The van der Waals surface area contributed by atoms with Crippen molar-refractivity contribution in [3.05, 3.63) is 28.3 Å². The molecule has 0 spiro atoms. The molecule has 0 saturated heterocycles. The van der Waals surface area contributed by atoms with Crippen LogP contribution in [0.5, 0.6) is 0 Å². The molecule has 0 saturated carbocycles. The van der Waals surface area contributed by atoms with Crippen molar-refractivity contribution < 1.29 is 0 Å². The smallest absolute Gasteiger partial charge is 0.0889 e. The molecule has 2 nitrogen and oxygen atoms in total. The fourth-order valence-electron chi connectivity index (χ4n) is 0.989. The van der Waals surface area contributed by atoms with Gasteiger partial charge in [0.05, 0.1) is 5.70 Å². The predicted molar refractivity (Wildman–Crippen MR) is 41.4 cm³/mol. The third-order valence-corrected chi connectivity index (χ3v) is 1.73. The van der Waals surface area contributed by atoms with Gasteiger partial charge >= 0.3 is 0 Å². The predicted octanol–water partition coefficient (Wildman–Crippen LogP) is 2.62. The van der Waals surface area contributed by atoms with E-state index < -0.39 is 0 Å². The molecule has 0 fully saturated rings. The molecule has 0 aromatic carbocycles. The first-order valence-electron chi connectivity index (χ1n) is 3.47. The summed E-state index contributed by atoms with van der Waals surface area (Å²) < 4.78 is 0. The number of nitroso groups, excluding NO2 is 1. The van der Waals surface area contributed by atoms with Crippen LogP contribution in [0.25, 0.3) is 0 Å². The van der Waals surface area contributed by atoms with Gasteiger partial charge < -0.3 is 0 Å². The van der Waals surface area contributed by atoms with E-state index in [4.69, 9.17) is 0 Å². The van der Waals surface area contributed by atoms with E-state index in [1.54, 1.807) is 6.08 Å². The number of hydrogen-bond donors (Lipinski definition) is 0.